The van der Waals surface area contributed by atoms with Crippen LogP contribution in [0.15, 0.2) is 5.38 Å². The van der Waals surface area contributed by atoms with E-state index in [0.717, 1.165) is 5.69 Å². The van der Waals surface area contributed by atoms with Gasteiger partial charge in [0.1, 0.15) is 0 Å². The molecule has 92 valence electrons. The van der Waals surface area contributed by atoms with Gasteiger partial charge in [0.25, 0.3) is 0 Å². The Kier molecular flexibility index (Phi) is 5.01. The van der Waals surface area contributed by atoms with Crippen molar-refractivity contribution in [2.24, 2.45) is 0 Å². The summed E-state index contributed by atoms with van der Waals surface area (Å²) in [6, 6.07) is 0. The van der Waals surface area contributed by atoms with E-state index in [1.807, 2.05) is 19.2 Å². The van der Waals surface area contributed by atoms with E-state index in [1.54, 1.807) is 0 Å². The van der Waals surface area contributed by atoms with Crippen molar-refractivity contribution >= 4 is 38.1 Å². The Bertz CT molecular complexity index is 428. The van der Waals surface area contributed by atoms with Gasteiger partial charge in [-0.2, -0.15) is 0 Å². The fourth-order valence-corrected chi connectivity index (χ4v) is 3.55. The van der Waals surface area contributed by atoms with Crippen LogP contribution in [0.2, 0.25) is 0 Å². The molecule has 0 saturated heterocycles. The van der Waals surface area contributed by atoms with E-state index in [9.17, 15) is 8.42 Å². The van der Waals surface area contributed by atoms with Crippen molar-refractivity contribution < 1.29 is 8.42 Å². The molecular formula is C9H15ClN2O2S2. The standard InChI is InChI=1S/C9H15ClN2O2S2/c1-7(2)8-6-15-9(11-8)12-16(13,14)5-3-4-10/h6-7H,3-5H2,1-2H3,(H,11,12). The Labute approximate surface area is 105 Å². The number of aromatic nitrogens is 1. The second-order valence-corrected chi connectivity index (χ2v) is 6.77. The van der Waals surface area contributed by atoms with Gasteiger partial charge in [0, 0.05) is 11.3 Å². The molecule has 0 aliphatic heterocycles. The van der Waals surface area contributed by atoms with Crippen molar-refractivity contribution in [3.63, 3.8) is 0 Å². The average Bonchev–Trinajstić information content (AvgIpc) is 2.62. The highest BCUT2D eigenvalue weighted by atomic mass is 35.5. The Morgan fingerprint density at radius 3 is 2.75 bits per heavy atom. The van der Waals surface area contributed by atoms with Crippen molar-refractivity contribution in [2.75, 3.05) is 16.4 Å². The maximum absolute atomic E-state index is 11.5. The van der Waals surface area contributed by atoms with Crippen LogP contribution in [-0.2, 0) is 10.0 Å². The fraction of sp³-hybridized carbons (Fsp3) is 0.667. The second-order valence-electron chi connectivity index (χ2n) is 3.70. The Hall–Kier alpha value is -0.330. The van der Waals surface area contributed by atoms with E-state index in [-0.39, 0.29) is 5.75 Å². The van der Waals surface area contributed by atoms with Crippen molar-refractivity contribution in [1.29, 1.82) is 0 Å². The Morgan fingerprint density at radius 1 is 1.56 bits per heavy atom. The molecule has 1 heterocycles. The van der Waals surface area contributed by atoms with Crippen molar-refractivity contribution in [3.8, 4) is 0 Å². The van der Waals surface area contributed by atoms with Crippen LogP contribution < -0.4 is 4.72 Å². The van der Waals surface area contributed by atoms with Crippen LogP contribution in [0.4, 0.5) is 5.13 Å². The van der Waals surface area contributed by atoms with Crippen LogP contribution in [0, 0.1) is 0 Å². The first-order valence-corrected chi connectivity index (χ1v) is 8.03. The SMILES string of the molecule is CC(C)c1csc(NS(=O)(=O)CCCCl)n1. The number of hydrogen-bond acceptors (Lipinski definition) is 4. The minimum atomic E-state index is -3.30. The molecule has 0 amide bonds. The van der Waals surface area contributed by atoms with Crippen molar-refractivity contribution in [1.82, 2.24) is 4.98 Å². The van der Waals surface area contributed by atoms with Gasteiger partial charge in [0.15, 0.2) is 5.13 Å². The van der Waals surface area contributed by atoms with Gasteiger partial charge >= 0.3 is 0 Å². The largest absolute Gasteiger partial charge is 0.259 e. The Morgan fingerprint density at radius 2 is 2.25 bits per heavy atom. The number of sulfonamides is 1. The zero-order valence-corrected chi connectivity index (χ0v) is 11.6. The summed E-state index contributed by atoms with van der Waals surface area (Å²) in [7, 11) is -3.30. The highest BCUT2D eigenvalue weighted by Gasteiger charge is 2.13. The first kappa shape index (κ1) is 13.7. The fourth-order valence-electron chi connectivity index (χ4n) is 1.03. The molecule has 1 aromatic heterocycles. The molecule has 4 nitrogen and oxygen atoms in total. The molecule has 16 heavy (non-hydrogen) atoms. The molecule has 0 spiro atoms. The second kappa shape index (κ2) is 5.84. The van der Waals surface area contributed by atoms with Crippen LogP contribution in [0.3, 0.4) is 0 Å². The van der Waals surface area contributed by atoms with E-state index in [4.69, 9.17) is 11.6 Å². The van der Waals surface area contributed by atoms with Gasteiger partial charge in [-0.3, -0.25) is 4.72 Å². The molecule has 0 aliphatic carbocycles. The summed E-state index contributed by atoms with van der Waals surface area (Å²) in [5.41, 5.74) is 0.903. The van der Waals surface area contributed by atoms with Gasteiger partial charge in [-0.05, 0) is 12.3 Å². The molecule has 7 heteroatoms. The molecule has 1 N–H and O–H groups in total. The number of thiazole rings is 1. The summed E-state index contributed by atoms with van der Waals surface area (Å²) in [6.07, 6.45) is 0.444. The predicted molar refractivity (Wildman–Crippen MR) is 68.9 cm³/mol. The highest BCUT2D eigenvalue weighted by molar-refractivity contribution is 7.92. The Balaban J connectivity index is 2.65. The lowest BCUT2D eigenvalue weighted by Gasteiger charge is -2.03. The molecule has 0 bridgehead atoms. The van der Waals surface area contributed by atoms with Crippen molar-refractivity contribution in [2.45, 2.75) is 26.2 Å². The number of nitrogens with zero attached hydrogens (tertiary/aromatic N) is 1. The molecule has 0 radical (unpaired) electrons. The summed E-state index contributed by atoms with van der Waals surface area (Å²) < 4.78 is 25.5. The van der Waals surface area contributed by atoms with E-state index < -0.39 is 10.0 Å². The number of nitrogens with one attached hydrogen (secondary N) is 1. The van der Waals surface area contributed by atoms with Crippen LogP contribution in [0.25, 0.3) is 0 Å². The molecule has 0 unspecified atom stereocenters. The lowest BCUT2D eigenvalue weighted by atomic mass is 10.2. The lowest BCUT2D eigenvalue weighted by Crippen LogP contribution is -2.16. The van der Waals surface area contributed by atoms with E-state index in [1.165, 1.54) is 11.3 Å². The van der Waals surface area contributed by atoms with Gasteiger partial charge in [-0.1, -0.05) is 13.8 Å². The van der Waals surface area contributed by atoms with Crippen LogP contribution >= 0.6 is 22.9 Å². The van der Waals surface area contributed by atoms with Gasteiger partial charge < -0.3 is 0 Å². The average molecular weight is 283 g/mol. The number of alkyl halides is 1. The summed E-state index contributed by atoms with van der Waals surface area (Å²) in [4.78, 5) is 4.20. The summed E-state index contributed by atoms with van der Waals surface area (Å²) in [5, 5.41) is 2.29. The van der Waals surface area contributed by atoms with Crippen LogP contribution in [-0.4, -0.2) is 25.0 Å². The monoisotopic (exact) mass is 282 g/mol. The maximum Gasteiger partial charge on any atom is 0.234 e. The molecule has 0 aliphatic rings. The summed E-state index contributed by atoms with van der Waals surface area (Å²) in [6.45, 7) is 4.03. The molecular weight excluding hydrogens is 268 g/mol. The smallest absolute Gasteiger partial charge is 0.234 e. The third-order valence-electron chi connectivity index (χ3n) is 1.90. The normalized spacial score (nSPS) is 12.0. The molecule has 0 fully saturated rings. The first-order valence-electron chi connectivity index (χ1n) is 4.96. The van der Waals surface area contributed by atoms with Crippen LogP contribution in [0.5, 0.6) is 0 Å². The quantitative estimate of drug-likeness (QED) is 0.816. The lowest BCUT2D eigenvalue weighted by molar-refractivity contribution is 0.600. The summed E-state index contributed by atoms with van der Waals surface area (Å²) >= 11 is 6.75. The number of hydrogen-bond donors (Lipinski definition) is 1. The molecule has 0 aromatic carbocycles. The molecule has 1 aromatic rings. The zero-order valence-electron chi connectivity index (χ0n) is 9.23. The minimum absolute atomic E-state index is 0.0348. The van der Waals surface area contributed by atoms with Gasteiger partial charge in [-0.25, -0.2) is 13.4 Å². The molecule has 0 atom stereocenters. The van der Waals surface area contributed by atoms with E-state index >= 15 is 0 Å². The highest BCUT2D eigenvalue weighted by Crippen LogP contribution is 2.22. The summed E-state index contributed by atoms with van der Waals surface area (Å²) in [5.74, 6) is 0.681. The number of rotatable bonds is 6. The van der Waals surface area contributed by atoms with Crippen molar-refractivity contribution in [3.05, 3.63) is 11.1 Å². The third kappa shape index (κ3) is 4.27. The zero-order chi connectivity index (χ0) is 12.2. The molecule has 1 rings (SSSR count). The van der Waals surface area contributed by atoms with E-state index in [2.05, 4.69) is 9.71 Å². The maximum atomic E-state index is 11.5. The van der Waals surface area contributed by atoms with Gasteiger partial charge in [-0.15, -0.1) is 22.9 Å². The molecule has 0 saturated carbocycles. The van der Waals surface area contributed by atoms with Gasteiger partial charge in [0.2, 0.25) is 10.0 Å². The number of halogens is 1. The van der Waals surface area contributed by atoms with Gasteiger partial charge in [0.05, 0.1) is 11.4 Å². The van der Waals surface area contributed by atoms with Crippen LogP contribution in [0.1, 0.15) is 31.9 Å². The minimum Gasteiger partial charge on any atom is -0.259 e. The topological polar surface area (TPSA) is 59.1 Å². The predicted octanol–water partition coefficient (Wildman–Crippen LogP) is 2.64. The van der Waals surface area contributed by atoms with E-state index in [0.29, 0.717) is 23.4 Å². The number of anilines is 1. The first-order chi connectivity index (χ1) is 7.44. The third-order valence-corrected chi connectivity index (χ3v) is 4.41.